The number of hydrogen-bond acceptors (Lipinski definition) is 6. The van der Waals surface area contributed by atoms with E-state index < -0.39 is 40.5 Å². The van der Waals surface area contributed by atoms with Crippen LogP contribution < -0.4 is 15.6 Å². The number of nitrogens with zero attached hydrogens (tertiary/aromatic N) is 4. The highest BCUT2D eigenvalue weighted by Crippen LogP contribution is 2.32. The summed E-state index contributed by atoms with van der Waals surface area (Å²) in [5.74, 6) is -2.54. The molecule has 192 valence electrons. The van der Waals surface area contributed by atoms with Crippen LogP contribution in [0.3, 0.4) is 0 Å². The summed E-state index contributed by atoms with van der Waals surface area (Å²) in [5, 5.41) is 21.1. The number of aliphatic hydroxyl groups is 1. The molecule has 0 saturated heterocycles. The topological polar surface area (TPSA) is 111 Å². The van der Waals surface area contributed by atoms with E-state index >= 15 is 0 Å². The molecule has 4 rings (SSSR count). The van der Waals surface area contributed by atoms with Crippen LogP contribution in [0.1, 0.15) is 52.0 Å². The molecule has 1 aliphatic rings. The van der Waals surface area contributed by atoms with Crippen molar-refractivity contribution in [3.63, 3.8) is 0 Å². The number of nitrogens with one attached hydrogen (secondary N) is 1. The molecule has 1 amide bonds. The monoisotopic (exact) mass is 501 g/mol. The van der Waals surface area contributed by atoms with Crippen molar-refractivity contribution < 1.29 is 23.4 Å². The lowest BCUT2D eigenvalue weighted by Gasteiger charge is -2.21. The van der Waals surface area contributed by atoms with Crippen LogP contribution in [0.2, 0.25) is 0 Å². The van der Waals surface area contributed by atoms with Crippen molar-refractivity contribution in [2.45, 2.75) is 64.1 Å². The van der Waals surface area contributed by atoms with Gasteiger partial charge in [-0.15, -0.1) is 0 Å². The maximum atomic E-state index is 13.9. The molecule has 36 heavy (non-hydrogen) atoms. The zero-order valence-electron chi connectivity index (χ0n) is 20.2. The largest absolute Gasteiger partial charge is 0.449 e. The fourth-order valence-corrected chi connectivity index (χ4v) is 4.39. The van der Waals surface area contributed by atoms with Crippen LogP contribution in [0, 0.1) is 17.6 Å². The molecule has 0 aliphatic heterocycles. The summed E-state index contributed by atoms with van der Waals surface area (Å²) < 4.78 is 35.7. The number of anilines is 1. The highest BCUT2D eigenvalue weighted by molar-refractivity contribution is 5.92. The second-order valence-electron chi connectivity index (χ2n) is 9.73. The van der Waals surface area contributed by atoms with Gasteiger partial charge in [-0.1, -0.05) is 31.7 Å². The molecule has 11 heteroatoms. The van der Waals surface area contributed by atoms with Gasteiger partial charge in [-0.05, 0) is 38.3 Å². The Balaban J connectivity index is 1.56. The van der Waals surface area contributed by atoms with Crippen LogP contribution in [-0.4, -0.2) is 36.2 Å². The number of rotatable bonds is 9. The van der Waals surface area contributed by atoms with E-state index in [0.29, 0.717) is 6.42 Å². The predicted molar refractivity (Wildman–Crippen MR) is 128 cm³/mol. The maximum Gasteiger partial charge on any atom is 0.271 e. The standard InChI is InChI=1S/C25H29F2N5O4/c1-25(2,35)15-31-11-10-21(30-31)29-24(34)20(12-16-6-3-4-7-16)32-22(33)13-17(14-28-32)36-23-18(26)8-5-9-19(23)27/h5,8-11,13-14,16,20,35H,3-4,6-7,12,15H2,1-2H3,(H,29,30,34). The molecular weight excluding hydrogens is 472 g/mol. The first kappa shape index (κ1) is 25.5. The van der Waals surface area contributed by atoms with Gasteiger partial charge in [-0.25, -0.2) is 13.5 Å². The van der Waals surface area contributed by atoms with Gasteiger partial charge in [0.25, 0.3) is 11.5 Å². The molecule has 2 heterocycles. The normalized spacial score (nSPS) is 15.1. The second kappa shape index (κ2) is 10.6. The fourth-order valence-electron chi connectivity index (χ4n) is 4.39. The molecule has 1 aromatic carbocycles. The molecule has 1 aliphatic carbocycles. The SMILES string of the molecule is CC(C)(O)Cn1ccc(NC(=O)C(CC2CCCC2)n2ncc(Oc3c(F)cccc3F)cc2=O)n1. The molecule has 0 radical (unpaired) electrons. The first-order chi connectivity index (χ1) is 17.1. The van der Waals surface area contributed by atoms with E-state index in [1.165, 1.54) is 10.7 Å². The van der Waals surface area contributed by atoms with Gasteiger partial charge in [0.1, 0.15) is 6.04 Å². The van der Waals surface area contributed by atoms with Crippen molar-refractivity contribution in [1.82, 2.24) is 19.6 Å². The molecule has 1 atom stereocenters. The van der Waals surface area contributed by atoms with Crippen molar-refractivity contribution in [2.75, 3.05) is 5.32 Å². The first-order valence-electron chi connectivity index (χ1n) is 11.9. The lowest BCUT2D eigenvalue weighted by atomic mass is 9.98. The predicted octanol–water partition coefficient (Wildman–Crippen LogP) is 4.04. The van der Waals surface area contributed by atoms with Crippen molar-refractivity contribution >= 4 is 11.7 Å². The van der Waals surface area contributed by atoms with E-state index in [4.69, 9.17) is 4.74 Å². The number of ether oxygens (including phenoxy) is 1. The van der Waals surface area contributed by atoms with E-state index in [1.807, 2.05) is 0 Å². The molecule has 0 bridgehead atoms. The Morgan fingerprint density at radius 2 is 1.94 bits per heavy atom. The summed E-state index contributed by atoms with van der Waals surface area (Å²) in [4.78, 5) is 26.2. The van der Waals surface area contributed by atoms with Gasteiger partial charge in [0.2, 0.25) is 0 Å². The third-order valence-corrected chi connectivity index (χ3v) is 6.01. The zero-order valence-corrected chi connectivity index (χ0v) is 20.2. The van der Waals surface area contributed by atoms with Gasteiger partial charge in [0.15, 0.2) is 29.0 Å². The van der Waals surface area contributed by atoms with Gasteiger partial charge in [0.05, 0.1) is 18.3 Å². The van der Waals surface area contributed by atoms with E-state index in [1.54, 1.807) is 26.1 Å². The Bertz CT molecular complexity index is 1260. The van der Waals surface area contributed by atoms with Gasteiger partial charge < -0.3 is 15.2 Å². The van der Waals surface area contributed by atoms with E-state index in [0.717, 1.165) is 54.8 Å². The van der Waals surface area contributed by atoms with Crippen LogP contribution in [0.5, 0.6) is 11.5 Å². The zero-order chi connectivity index (χ0) is 25.9. The van der Waals surface area contributed by atoms with Crippen molar-refractivity contribution in [3.8, 4) is 11.5 Å². The highest BCUT2D eigenvalue weighted by Gasteiger charge is 2.29. The average molecular weight is 502 g/mol. The summed E-state index contributed by atoms with van der Waals surface area (Å²) >= 11 is 0. The van der Waals surface area contributed by atoms with Crippen LogP contribution in [-0.2, 0) is 11.3 Å². The van der Waals surface area contributed by atoms with Gasteiger partial charge in [0, 0.05) is 18.3 Å². The fraction of sp³-hybridized carbons (Fsp3) is 0.440. The minimum absolute atomic E-state index is 0.148. The quantitative estimate of drug-likeness (QED) is 0.458. The lowest BCUT2D eigenvalue weighted by Crippen LogP contribution is -2.36. The van der Waals surface area contributed by atoms with Gasteiger partial charge in [-0.3, -0.25) is 14.3 Å². The Kier molecular flexibility index (Phi) is 7.48. The summed E-state index contributed by atoms with van der Waals surface area (Å²) in [5.41, 5.74) is -1.62. The number of halogens is 2. The Labute approximate surface area is 206 Å². The number of carbonyl (C=O) groups is 1. The van der Waals surface area contributed by atoms with E-state index in [9.17, 15) is 23.5 Å². The first-order valence-corrected chi connectivity index (χ1v) is 11.9. The van der Waals surface area contributed by atoms with E-state index in [2.05, 4.69) is 15.5 Å². The highest BCUT2D eigenvalue weighted by atomic mass is 19.1. The van der Waals surface area contributed by atoms with Crippen molar-refractivity contribution in [1.29, 1.82) is 0 Å². The van der Waals surface area contributed by atoms with Crippen LogP contribution >= 0.6 is 0 Å². The Hall–Kier alpha value is -3.60. The number of carbonyl (C=O) groups excluding carboxylic acids is 1. The maximum absolute atomic E-state index is 13.9. The second-order valence-corrected chi connectivity index (χ2v) is 9.73. The summed E-state index contributed by atoms with van der Waals surface area (Å²) in [7, 11) is 0. The molecular formula is C25H29F2N5O4. The third-order valence-electron chi connectivity index (χ3n) is 6.01. The van der Waals surface area contributed by atoms with Crippen LogP contribution in [0.4, 0.5) is 14.6 Å². The number of amides is 1. The minimum Gasteiger partial charge on any atom is -0.449 e. The molecule has 2 N–H and O–H groups in total. The molecule has 0 spiro atoms. The summed E-state index contributed by atoms with van der Waals surface area (Å²) in [6.45, 7) is 3.53. The summed E-state index contributed by atoms with van der Waals surface area (Å²) in [6.07, 6.45) is 7.22. The number of aromatic nitrogens is 4. The number of para-hydroxylation sites is 1. The van der Waals surface area contributed by atoms with Crippen molar-refractivity contribution in [3.05, 3.63) is 64.7 Å². The average Bonchev–Trinajstić information content (AvgIpc) is 3.46. The molecule has 1 saturated carbocycles. The Morgan fingerprint density at radius 3 is 2.58 bits per heavy atom. The minimum atomic E-state index is -0.981. The van der Waals surface area contributed by atoms with Gasteiger partial charge in [-0.2, -0.15) is 10.2 Å². The molecule has 1 fully saturated rings. The van der Waals surface area contributed by atoms with Crippen molar-refractivity contribution in [2.24, 2.45) is 5.92 Å². The number of hydrogen-bond donors (Lipinski definition) is 2. The molecule has 1 unspecified atom stereocenters. The molecule has 3 aromatic rings. The Morgan fingerprint density at radius 1 is 1.25 bits per heavy atom. The molecule has 2 aromatic heterocycles. The number of benzene rings is 1. The third kappa shape index (κ3) is 6.34. The van der Waals surface area contributed by atoms with Gasteiger partial charge >= 0.3 is 0 Å². The smallest absolute Gasteiger partial charge is 0.271 e. The van der Waals surface area contributed by atoms with Crippen LogP contribution in [0.25, 0.3) is 0 Å². The van der Waals surface area contributed by atoms with E-state index in [-0.39, 0.29) is 24.0 Å². The van der Waals surface area contributed by atoms with Crippen LogP contribution in [0.15, 0.2) is 47.5 Å². The molecule has 9 nitrogen and oxygen atoms in total. The lowest BCUT2D eigenvalue weighted by molar-refractivity contribution is -0.120. The summed E-state index contributed by atoms with van der Waals surface area (Å²) in [6, 6.07) is 5.01.